The summed E-state index contributed by atoms with van der Waals surface area (Å²) in [6.45, 7) is 0.556. The molecule has 0 aliphatic heterocycles. The van der Waals surface area contributed by atoms with Crippen molar-refractivity contribution in [2.45, 2.75) is 6.67 Å². The topological polar surface area (TPSA) is 42.7 Å². The van der Waals surface area contributed by atoms with Gasteiger partial charge in [0.25, 0.3) is 0 Å². The highest BCUT2D eigenvalue weighted by Crippen LogP contribution is 2.15. The summed E-state index contributed by atoms with van der Waals surface area (Å²) in [5, 5.41) is 12.2. The van der Waals surface area contributed by atoms with Crippen LogP contribution in [-0.4, -0.2) is 15.0 Å². The van der Waals surface area contributed by atoms with Gasteiger partial charge in [-0.1, -0.05) is 35.0 Å². The van der Waals surface area contributed by atoms with Crippen molar-refractivity contribution < 1.29 is 0 Å². The monoisotopic (exact) mass is 258 g/mol. The molecule has 2 aromatic carbocycles. The number of nitrogens with one attached hydrogen (secondary N) is 1. The molecule has 0 bridgehead atoms. The van der Waals surface area contributed by atoms with Crippen molar-refractivity contribution in [3.8, 4) is 0 Å². The Kier molecular flexibility index (Phi) is 2.86. The number of fused-ring (bicyclic) bond motifs is 1. The summed E-state index contributed by atoms with van der Waals surface area (Å²) in [7, 11) is 0. The van der Waals surface area contributed by atoms with Crippen LogP contribution in [0.1, 0.15) is 0 Å². The number of hydrogen-bond acceptors (Lipinski definition) is 3. The van der Waals surface area contributed by atoms with Crippen molar-refractivity contribution in [3.05, 3.63) is 53.6 Å². The van der Waals surface area contributed by atoms with E-state index in [4.69, 9.17) is 11.6 Å². The maximum absolute atomic E-state index is 5.93. The fourth-order valence-electron chi connectivity index (χ4n) is 1.80. The highest BCUT2D eigenvalue weighted by atomic mass is 35.5. The van der Waals surface area contributed by atoms with Crippen LogP contribution >= 0.6 is 11.6 Å². The predicted octanol–water partition coefficient (Wildman–Crippen LogP) is 3.15. The van der Waals surface area contributed by atoms with E-state index in [9.17, 15) is 0 Å². The number of benzene rings is 2. The molecule has 0 saturated carbocycles. The van der Waals surface area contributed by atoms with E-state index in [-0.39, 0.29) is 0 Å². The Bertz CT molecular complexity index is 677. The van der Waals surface area contributed by atoms with Gasteiger partial charge >= 0.3 is 0 Å². The Morgan fingerprint density at radius 1 is 1.11 bits per heavy atom. The van der Waals surface area contributed by atoms with E-state index in [1.54, 1.807) is 0 Å². The molecule has 0 spiro atoms. The highest BCUT2D eigenvalue weighted by molar-refractivity contribution is 6.30. The summed E-state index contributed by atoms with van der Waals surface area (Å²) in [5.74, 6) is 0. The molecule has 1 N–H and O–H groups in total. The number of aromatic nitrogens is 3. The molecular weight excluding hydrogens is 248 g/mol. The van der Waals surface area contributed by atoms with Crippen LogP contribution in [-0.2, 0) is 6.67 Å². The molecule has 4 nitrogen and oxygen atoms in total. The Labute approximate surface area is 109 Å². The Morgan fingerprint density at radius 2 is 2.00 bits per heavy atom. The van der Waals surface area contributed by atoms with E-state index in [1.807, 2.05) is 53.2 Å². The second-order valence-corrected chi connectivity index (χ2v) is 4.36. The Hall–Kier alpha value is -2.07. The van der Waals surface area contributed by atoms with Crippen molar-refractivity contribution in [3.63, 3.8) is 0 Å². The molecule has 18 heavy (non-hydrogen) atoms. The number of para-hydroxylation sites is 1. The van der Waals surface area contributed by atoms with Crippen molar-refractivity contribution >= 4 is 28.3 Å². The molecule has 0 aliphatic rings. The summed E-state index contributed by atoms with van der Waals surface area (Å²) in [4.78, 5) is 0. The fourth-order valence-corrected chi connectivity index (χ4v) is 1.99. The van der Waals surface area contributed by atoms with Gasteiger partial charge in [-0.25, -0.2) is 4.68 Å². The average molecular weight is 259 g/mol. The molecule has 5 heteroatoms. The largest absolute Gasteiger partial charge is 0.366 e. The van der Waals surface area contributed by atoms with Crippen LogP contribution in [0, 0.1) is 0 Å². The second-order valence-electron chi connectivity index (χ2n) is 3.92. The zero-order valence-corrected chi connectivity index (χ0v) is 10.3. The zero-order valence-electron chi connectivity index (χ0n) is 9.55. The summed E-state index contributed by atoms with van der Waals surface area (Å²) >= 11 is 5.93. The molecule has 0 atom stereocenters. The molecule has 3 rings (SSSR count). The lowest BCUT2D eigenvalue weighted by atomic mass is 10.3. The molecule has 0 saturated heterocycles. The number of anilines is 1. The molecule has 0 amide bonds. The van der Waals surface area contributed by atoms with Gasteiger partial charge in [-0.05, 0) is 30.3 Å². The molecule has 0 unspecified atom stereocenters. The van der Waals surface area contributed by atoms with Crippen molar-refractivity contribution in [1.82, 2.24) is 15.0 Å². The quantitative estimate of drug-likeness (QED) is 0.785. The lowest BCUT2D eigenvalue weighted by Crippen LogP contribution is -2.09. The molecule has 1 heterocycles. The third-order valence-electron chi connectivity index (χ3n) is 2.68. The van der Waals surface area contributed by atoms with Crippen LogP contribution in [0.3, 0.4) is 0 Å². The predicted molar refractivity (Wildman–Crippen MR) is 72.6 cm³/mol. The Balaban J connectivity index is 1.81. The summed E-state index contributed by atoms with van der Waals surface area (Å²) < 4.78 is 1.82. The minimum Gasteiger partial charge on any atom is -0.366 e. The first-order valence-electron chi connectivity index (χ1n) is 5.60. The number of hydrogen-bond donors (Lipinski definition) is 1. The van der Waals surface area contributed by atoms with E-state index in [2.05, 4.69) is 15.6 Å². The van der Waals surface area contributed by atoms with Crippen LogP contribution in [0.15, 0.2) is 48.5 Å². The van der Waals surface area contributed by atoms with Crippen LogP contribution in [0.5, 0.6) is 0 Å². The third-order valence-corrected chi connectivity index (χ3v) is 2.91. The van der Waals surface area contributed by atoms with Crippen molar-refractivity contribution in [1.29, 1.82) is 0 Å². The molecule has 0 aliphatic carbocycles. The smallest absolute Gasteiger partial charge is 0.113 e. The minimum absolute atomic E-state index is 0.556. The Morgan fingerprint density at radius 3 is 2.89 bits per heavy atom. The molecular formula is C13H11ClN4. The van der Waals surface area contributed by atoms with Crippen LogP contribution < -0.4 is 5.32 Å². The lowest BCUT2D eigenvalue weighted by molar-refractivity contribution is 0.655. The summed E-state index contributed by atoms with van der Waals surface area (Å²) in [6, 6.07) is 15.5. The number of rotatable bonds is 3. The van der Waals surface area contributed by atoms with Crippen LogP contribution in [0.2, 0.25) is 5.02 Å². The maximum Gasteiger partial charge on any atom is 0.113 e. The molecule has 1 aromatic heterocycles. The average Bonchev–Trinajstić information content (AvgIpc) is 2.80. The van der Waals surface area contributed by atoms with Gasteiger partial charge in [0.15, 0.2) is 0 Å². The SMILES string of the molecule is Clc1cccc(NCn2nnc3ccccc32)c1. The fraction of sp³-hybridized carbons (Fsp3) is 0.0769. The lowest BCUT2D eigenvalue weighted by Gasteiger charge is -2.06. The molecule has 90 valence electrons. The first-order valence-corrected chi connectivity index (χ1v) is 5.98. The van der Waals surface area contributed by atoms with Crippen molar-refractivity contribution in [2.75, 3.05) is 5.32 Å². The third kappa shape index (κ3) is 2.15. The normalized spacial score (nSPS) is 10.7. The molecule has 3 aromatic rings. The summed E-state index contributed by atoms with van der Waals surface area (Å²) in [6.07, 6.45) is 0. The van der Waals surface area contributed by atoms with Gasteiger partial charge in [0.05, 0.1) is 5.52 Å². The van der Waals surface area contributed by atoms with Gasteiger partial charge < -0.3 is 5.32 Å². The van der Waals surface area contributed by atoms with E-state index < -0.39 is 0 Å². The standard InChI is InChI=1S/C13H11ClN4/c14-10-4-3-5-11(8-10)15-9-18-13-7-2-1-6-12(13)16-17-18/h1-8,15H,9H2. The van der Waals surface area contributed by atoms with Crippen molar-refractivity contribution in [2.24, 2.45) is 0 Å². The van der Waals surface area contributed by atoms with Gasteiger partial charge in [-0.3, -0.25) is 0 Å². The van der Waals surface area contributed by atoms with E-state index in [1.165, 1.54) is 0 Å². The number of halogens is 1. The number of nitrogens with zero attached hydrogens (tertiary/aromatic N) is 3. The highest BCUT2D eigenvalue weighted by Gasteiger charge is 2.02. The first kappa shape index (κ1) is 11.0. The van der Waals surface area contributed by atoms with Gasteiger partial charge in [0.1, 0.15) is 12.2 Å². The zero-order chi connectivity index (χ0) is 12.4. The maximum atomic E-state index is 5.93. The van der Waals surface area contributed by atoms with Crippen LogP contribution in [0.4, 0.5) is 5.69 Å². The minimum atomic E-state index is 0.556. The second kappa shape index (κ2) is 4.66. The van der Waals surface area contributed by atoms with Gasteiger partial charge in [-0.2, -0.15) is 0 Å². The van der Waals surface area contributed by atoms with Crippen LogP contribution in [0.25, 0.3) is 11.0 Å². The van der Waals surface area contributed by atoms with Gasteiger partial charge in [0.2, 0.25) is 0 Å². The molecule has 0 radical (unpaired) electrons. The van der Waals surface area contributed by atoms with E-state index >= 15 is 0 Å². The van der Waals surface area contributed by atoms with E-state index in [0.717, 1.165) is 16.7 Å². The first-order chi connectivity index (χ1) is 8.83. The van der Waals surface area contributed by atoms with Gasteiger partial charge in [0, 0.05) is 10.7 Å². The van der Waals surface area contributed by atoms with Gasteiger partial charge in [-0.15, -0.1) is 5.10 Å². The summed E-state index contributed by atoms with van der Waals surface area (Å²) in [5.41, 5.74) is 2.86. The van der Waals surface area contributed by atoms with E-state index in [0.29, 0.717) is 11.7 Å². The molecule has 0 fully saturated rings.